The monoisotopic (exact) mass is 383 g/mol. The van der Waals surface area contributed by atoms with Crippen molar-refractivity contribution in [1.29, 1.82) is 0 Å². The minimum atomic E-state index is -0.157. The van der Waals surface area contributed by atoms with Crippen molar-refractivity contribution in [2.24, 2.45) is 5.41 Å². The van der Waals surface area contributed by atoms with E-state index in [0.29, 0.717) is 38.8 Å². The van der Waals surface area contributed by atoms with Gasteiger partial charge in [0.2, 0.25) is 5.91 Å². The van der Waals surface area contributed by atoms with Crippen molar-refractivity contribution in [3.63, 3.8) is 0 Å². The Morgan fingerprint density at radius 3 is 2.71 bits per heavy atom. The van der Waals surface area contributed by atoms with Gasteiger partial charge in [-0.3, -0.25) is 9.69 Å². The third-order valence-electron chi connectivity index (χ3n) is 6.23. The van der Waals surface area contributed by atoms with Crippen LogP contribution in [-0.2, 0) is 16.1 Å². The summed E-state index contributed by atoms with van der Waals surface area (Å²) < 4.78 is 11.3. The lowest BCUT2D eigenvalue weighted by Crippen LogP contribution is -2.41. The summed E-state index contributed by atoms with van der Waals surface area (Å²) in [5.74, 6) is 0.987. The molecule has 0 bridgehead atoms. The standard InChI is InChI=1S/C22H29N3O3/c1-16-20(18(3)28-23-16)12-25-14-22(11-21(25)26)13-24(9-10-27-15-22)17(2)19-7-5-4-6-8-19/h4-8,17H,9-15H2,1-3H3. The molecule has 150 valence electrons. The van der Waals surface area contributed by atoms with Crippen LogP contribution in [0.2, 0.25) is 0 Å². The van der Waals surface area contributed by atoms with Crippen LogP contribution in [0.1, 0.15) is 42.0 Å². The molecule has 2 fully saturated rings. The molecule has 2 aliphatic heterocycles. The third kappa shape index (κ3) is 3.71. The van der Waals surface area contributed by atoms with E-state index < -0.39 is 0 Å². The van der Waals surface area contributed by atoms with Crippen LogP contribution in [0.25, 0.3) is 0 Å². The molecule has 1 amide bonds. The predicted octanol–water partition coefficient (Wildman–Crippen LogP) is 3.10. The maximum absolute atomic E-state index is 12.9. The molecule has 0 N–H and O–H groups in total. The molecular weight excluding hydrogens is 354 g/mol. The van der Waals surface area contributed by atoms with Gasteiger partial charge >= 0.3 is 0 Å². The average molecular weight is 383 g/mol. The highest BCUT2D eigenvalue weighted by Crippen LogP contribution is 2.37. The first-order valence-electron chi connectivity index (χ1n) is 10.0. The summed E-state index contributed by atoms with van der Waals surface area (Å²) >= 11 is 0. The van der Waals surface area contributed by atoms with Gasteiger partial charge in [0.1, 0.15) is 5.76 Å². The van der Waals surface area contributed by atoms with Crippen molar-refractivity contribution in [1.82, 2.24) is 15.0 Å². The van der Waals surface area contributed by atoms with Crippen LogP contribution in [0, 0.1) is 19.3 Å². The fourth-order valence-electron chi connectivity index (χ4n) is 4.55. The number of ether oxygens (including phenoxy) is 1. The van der Waals surface area contributed by atoms with Crippen LogP contribution < -0.4 is 0 Å². The Labute approximate surface area is 166 Å². The zero-order valence-corrected chi connectivity index (χ0v) is 17.0. The summed E-state index contributed by atoms with van der Waals surface area (Å²) in [6.07, 6.45) is 0.536. The van der Waals surface area contributed by atoms with Crippen LogP contribution in [0.15, 0.2) is 34.9 Å². The number of hydrogen-bond acceptors (Lipinski definition) is 5. The molecule has 1 spiro atoms. The SMILES string of the molecule is Cc1noc(C)c1CN1CC2(COCCN(C(C)c3ccccc3)C2)CC1=O. The molecule has 28 heavy (non-hydrogen) atoms. The zero-order chi connectivity index (χ0) is 19.7. The van der Waals surface area contributed by atoms with E-state index in [0.717, 1.165) is 30.1 Å². The van der Waals surface area contributed by atoms with E-state index in [-0.39, 0.29) is 11.3 Å². The zero-order valence-electron chi connectivity index (χ0n) is 17.0. The molecule has 6 nitrogen and oxygen atoms in total. The van der Waals surface area contributed by atoms with E-state index in [1.807, 2.05) is 24.8 Å². The Kier molecular flexibility index (Phi) is 5.25. The number of aromatic nitrogens is 1. The lowest BCUT2D eigenvalue weighted by Gasteiger charge is -2.35. The molecule has 1 aromatic carbocycles. The second-order valence-corrected chi connectivity index (χ2v) is 8.34. The lowest BCUT2D eigenvalue weighted by molar-refractivity contribution is -0.128. The molecule has 0 radical (unpaired) electrons. The third-order valence-corrected chi connectivity index (χ3v) is 6.23. The van der Waals surface area contributed by atoms with Crippen LogP contribution in [0.5, 0.6) is 0 Å². The first kappa shape index (κ1) is 19.2. The van der Waals surface area contributed by atoms with Crippen molar-refractivity contribution in [3.8, 4) is 0 Å². The van der Waals surface area contributed by atoms with Crippen molar-refractivity contribution >= 4 is 5.91 Å². The van der Waals surface area contributed by atoms with Gasteiger partial charge in [-0.2, -0.15) is 0 Å². The number of carbonyl (C=O) groups excluding carboxylic acids is 1. The van der Waals surface area contributed by atoms with Crippen molar-refractivity contribution in [2.75, 3.05) is 32.8 Å². The van der Waals surface area contributed by atoms with Gasteiger partial charge < -0.3 is 14.2 Å². The van der Waals surface area contributed by atoms with Crippen LogP contribution in [0.4, 0.5) is 0 Å². The van der Waals surface area contributed by atoms with Gasteiger partial charge in [0.05, 0.1) is 25.5 Å². The van der Waals surface area contributed by atoms with Crippen LogP contribution >= 0.6 is 0 Å². The van der Waals surface area contributed by atoms with Crippen molar-refractivity contribution in [2.45, 2.75) is 39.8 Å². The summed E-state index contributed by atoms with van der Waals surface area (Å²) in [5, 5.41) is 4.03. The summed E-state index contributed by atoms with van der Waals surface area (Å²) in [4.78, 5) is 17.3. The van der Waals surface area contributed by atoms with Gasteiger partial charge in [-0.1, -0.05) is 35.5 Å². The first-order chi connectivity index (χ1) is 13.5. The Bertz CT molecular complexity index is 815. The number of aryl methyl sites for hydroxylation is 2. The van der Waals surface area contributed by atoms with Crippen LogP contribution in [-0.4, -0.2) is 53.7 Å². The quantitative estimate of drug-likeness (QED) is 0.812. The van der Waals surface area contributed by atoms with Crippen molar-refractivity contribution in [3.05, 3.63) is 52.9 Å². The van der Waals surface area contributed by atoms with Gasteiger partial charge in [0, 0.05) is 43.1 Å². The number of likely N-dealkylation sites (tertiary alicyclic amines) is 1. The van der Waals surface area contributed by atoms with Gasteiger partial charge in [-0.05, 0) is 26.3 Å². The largest absolute Gasteiger partial charge is 0.379 e. The number of hydrogen-bond donors (Lipinski definition) is 0. The van der Waals surface area contributed by atoms with E-state index in [2.05, 4.69) is 41.2 Å². The predicted molar refractivity (Wildman–Crippen MR) is 106 cm³/mol. The number of amides is 1. The number of benzene rings is 1. The molecule has 0 saturated carbocycles. The molecule has 3 heterocycles. The summed E-state index contributed by atoms with van der Waals surface area (Å²) in [6.45, 7) is 10.5. The highest BCUT2D eigenvalue weighted by Gasteiger charge is 2.46. The van der Waals surface area contributed by atoms with Gasteiger partial charge in [-0.25, -0.2) is 0 Å². The second-order valence-electron chi connectivity index (χ2n) is 8.34. The number of rotatable bonds is 4. The molecule has 0 aliphatic carbocycles. The maximum atomic E-state index is 12.9. The van der Waals surface area contributed by atoms with E-state index >= 15 is 0 Å². The molecule has 2 atom stereocenters. The van der Waals surface area contributed by atoms with E-state index in [9.17, 15) is 4.79 Å². The summed E-state index contributed by atoms with van der Waals surface area (Å²) in [7, 11) is 0. The van der Waals surface area contributed by atoms with Gasteiger partial charge in [0.25, 0.3) is 0 Å². The Morgan fingerprint density at radius 1 is 1.21 bits per heavy atom. The summed E-state index contributed by atoms with van der Waals surface area (Å²) in [6, 6.07) is 10.9. The van der Waals surface area contributed by atoms with E-state index in [1.165, 1.54) is 5.56 Å². The van der Waals surface area contributed by atoms with E-state index in [1.54, 1.807) is 0 Å². The Balaban J connectivity index is 1.51. The van der Waals surface area contributed by atoms with E-state index in [4.69, 9.17) is 9.26 Å². The van der Waals surface area contributed by atoms with Crippen molar-refractivity contribution < 1.29 is 14.1 Å². The van der Waals surface area contributed by atoms with Crippen LogP contribution in [0.3, 0.4) is 0 Å². The minimum Gasteiger partial charge on any atom is -0.379 e. The number of nitrogens with zero attached hydrogens (tertiary/aromatic N) is 3. The molecule has 1 aromatic heterocycles. The normalized spacial score (nSPS) is 24.7. The highest BCUT2D eigenvalue weighted by molar-refractivity contribution is 5.79. The fraction of sp³-hybridized carbons (Fsp3) is 0.545. The maximum Gasteiger partial charge on any atom is 0.223 e. The highest BCUT2D eigenvalue weighted by atomic mass is 16.5. The average Bonchev–Trinajstić information content (AvgIpc) is 3.08. The molecule has 2 aliphatic rings. The summed E-state index contributed by atoms with van der Waals surface area (Å²) in [5.41, 5.74) is 3.03. The molecular formula is C22H29N3O3. The molecule has 6 heteroatoms. The topological polar surface area (TPSA) is 58.8 Å². The fourth-order valence-corrected chi connectivity index (χ4v) is 4.55. The Morgan fingerprint density at radius 2 is 2.00 bits per heavy atom. The minimum absolute atomic E-state index is 0.157. The first-order valence-corrected chi connectivity index (χ1v) is 10.0. The smallest absolute Gasteiger partial charge is 0.223 e. The molecule has 4 rings (SSSR count). The number of carbonyl (C=O) groups is 1. The Hall–Kier alpha value is -2.18. The molecule has 2 unspecified atom stereocenters. The molecule has 2 saturated heterocycles. The second kappa shape index (κ2) is 7.68. The van der Waals surface area contributed by atoms with Gasteiger partial charge in [-0.15, -0.1) is 0 Å². The lowest BCUT2D eigenvalue weighted by atomic mass is 9.86. The molecule has 2 aromatic rings. The van der Waals surface area contributed by atoms with Gasteiger partial charge in [0.15, 0.2) is 0 Å².